The number of allylic oxidation sites excluding steroid dienone is 2. The number of ether oxygens (including phenoxy) is 2. The Labute approximate surface area is 191 Å². The standard InChI is InChI=1S/C24H42N2O4S/c1-7-9-18(3)23(27)25-31(28)16-19(4)17(2)12-13-22(20-10-8-11-20)24-29-14-21(15-30-24)26(5)6/h7,9,17,19-22,24H,1,8,10-16H2,2-6H3,(H,25,27)/b18-9+/t17-,19+,21?,22+,24?,31?/m0/s1. The van der Waals surface area contributed by atoms with Gasteiger partial charge in [0.15, 0.2) is 6.29 Å². The molecule has 31 heavy (non-hydrogen) atoms. The second-order valence-corrected chi connectivity index (χ2v) is 10.8. The van der Waals surface area contributed by atoms with Gasteiger partial charge in [0.25, 0.3) is 5.91 Å². The smallest absolute Gasteiger partial charge is 0.258 e. The largest absolute Gasteiger partial charge is 0.351 e. The van der Waals surface area contributed by atoms with Crippen LogP contribution in [0, 0.1) is 23.7 Å². The summed E-state index contributed by atoms with van der Waals surface area (Å²) < 4.78 is 27.3. The van der Waals surface area contributed by atoms with Crippen molar-refractivity contribution >= 4 is 16.9 Å². The lowest BCUT2D eigenvalue weighted by Gasteiger charge is -2.42. The van der Waals surface area contributed by atoms with Crippen LogP contribution >= 0.6 is 0 Å². The van der Waals surface area contributed by atoms with E-state index < -0.39 is 11.0 Å². The summed E-state index contributed by atoms with van der Waals surface area (Å²) in [6.45, 7) is 11.1. The van der Waals surface area contributed by atoms with Crippen LogP contribution in [-0.2, 0) is 25.3 Å². The highest BCUT2D eigenvalue weighted by molar-refractivity contribution is 7.83. The van der Waals surface area contributed by atoms with Crippen LogP contribution in [-0.4, -0.2) is 60.4 Å². The highest BCUT2D eigenvalue weighted by Crippen LogP contribution is 2.40. The van der Waals surface area contributed by atoms with Gasteiger partial charge in [0.2, 0.25) is 0 Å². The van der Waals surface area contributed by atoms with Crippen molar-refractivity contribution in [1.29, 1.82) is 0 Å². The first-order valence-corrected chi connectivity index (χ1v) is 12.9. The van der Waals surface area contributed by atoms with E-state index in [1.807, 2.05) is 0 Å². The summed E-state index contributed by atoms with van der Waals surface area (Å²) in [6, 6.07) is 0.326. The Hall–Kier alpha value is -1.02. The van der Waals surface area contributed by atoms with Gasteiger partial charge in [-0.2, -0.15) is 0 Å². The predicted octanol–water partition coefficient (Wildman–Crippen LogP) is 3.67. The molecule has 1 unspecified atom stereocenters. The fourth-order valence-electron chi connectivity index (χ4n) is 4.14. The maximum absolute atomic E-state index is 12.4. The van der Waals surface area contributed by atoms with Crippen LogP contribution in [0.25, 0.3) is 0 Å². The molecule has 7 heteroatoms. The molecule has 178 valence electrons. The molecule has 2 rings (SSSR count). The van der Waals surface area contributed by atoms with Crippen molar-refractivity contribution < 1.29 is 18.5 Å². The molecule has 1 heterocycles. The summed E-state index contributed by atoms with van der Waals surface area (Å²) in [7, 11) is 2.75. The summed E-state index contributed by atoms with van der Waals surface area (Å²) in [5, 5.41) is 0. The maximum Gasteiger partial charge on any atom is 0.258 e. The molecule has 1 aliphatic carbocycles. The molecule has 6 nitrogen and oxygen atoms in total. The fraction of sp³-hybridized carbons (Fsp3) is 0.792. The van der Waals surface area contributed by atoms with E-state index in [1.54, 1.807) is 19.1 Å². The van der Waals surface area contributed by atoms with Gasteiger partial charge in [-0.3, -0.25) is 9.52 Å². The monoisotopic (exact) mass is 454 g/mol. The third-order valence-electron chi connectivity index (χ3n) is 7.01. The zero-order valence-corrected chi connectivity index (χ0v) is 20.8. The van der Waals surface area contributed by atoms with Crippen LogP contribution in [0.2, 0.25) is 0 Å². The Morgan fingerprint density at radius 2 is 1.84 bits per heavy atom. The topological polar surface area (TPSA) is 67.9 Å². The van der Waals surface area contributed by atoms with Crippen LogP contribution in [0.3, 0.4) is 0 Å². The Bertz CT molecular complexity index is 639. The van der Waals surface area contributed by atoms with E-state index >= 15 is 0 Å². The first-order valence-electron chi connectivity index (χ1n) is 11.6. The average Bonchev–Trinajstić information content (AvgIpc) is 2.69. The number of carbonyl (C=O) groups is 1. The van der Waals surface area contributed by atoms with E-state index in [1.165, 1.54) is 19.3 Å². The van der Waals surface area contributed by atoms with Crippen LogP contribution in [0.15, 0.2) is 24.3 Å². The second-order valence-electron chi connectivity index (χ2n) is 9.57. The minimum absolute atomic E-state index is 0.1000. The zero-order chi connectivity index (χ0) is 23.0. The summed E-state index contributed by atoms with van der Waals surface area (Å²) in [5.41, 5.74) is 0.511. The number of likely N-dealkylation sites (N-methyl/N-ethyl adjacent to an activating group) is 1. The molecule has 0 aromatic carbocycles. The molecule has 1 saturated carbocycles. The molecule has 1 N–H and O–H groups in total. The van der Waals surface area contributed by atoms with E-state index in [4.69, 9.17) is 9.47 Å². The molecule has 0 aromatic heterocycles. The predicted molar refractivity (Wildman–Crippen MR) is 127 cm³/mol. The number of amides is 1. The van der Waals surface area contributed by atoms with Crippen molar-refractivity contribution in [3.63, 3.8) is 0 Å². The highest BCUT2D eigenvalue weighted by Gasteiger charge is 2.37. The highest BCUT2D eigenvalue weighted by atomic mass is 32.2. The Balaban J connectivity index is 1.81. The van der Waals surface area contributed by atoms with E-state index in [2.05, 4.69) is 44.1 Å². The quantitative estimate of drug-likeness (QED) is 0.360. The van der Waals surface area contributed by atoms with E-state index in [-0.39, 0.29) is 18.1 Å². The molecule has 1 amide bonds. The normalized spacial score (nSPS) is 26.6. The first-order chi connectivity index (χ1) is 14.7. The van der Waals surface area contributed by atoms with Crippen molar-refractivity contribution in [3.05, 3.63) is 24.3 Å². The molecule has 0 bridgehead atoms. The van der Waals surface area contributed by atoms with Gasteiger partial charge in [-0.25, -0.2) is 4.21 Å². The molecular weight excluding hydrogens is 412 g/mol. The minimum atomic E-state index is -1.38. The van der Waals surface area contributed by atoms with Gasteiger partial charge >= 0.3 is 0 Å². The molecule has 0 aromatic rings. The molecular formula is C24H42N2O4S. The summed E-state index contributed by atoms with van der Waals surface area (Å²) >= 11 is 0. The number of hydrogen-bond donors (Lipinski definition) is 1. The SMILES string of the molecule is C=C/C=C(\C)C(=O)NS(=O)C[C@@H](C)[C@@H](C)CC[C@H](C1CCC1)C1OCC(N(C)C)CO1. The van der Waals surface area contributed by atoms with Crippen molar-refractivity contribution in [3.8, 4) is 0 Å². The molecule has 2 aliphatic rings. The summed E-state index contributed by atoms with van der Waals surface area (Å²) in [5.74, 6) is 1.94. The van der Waals surface area contributed by atoms with E-state index in [9.17, 15) is 9.00 Å². The average molecular weight is 455 g/mol. The van der Waals surface area contributed by atoms with Crippen LogP contribution < -0.4 is 4.72 Å². The maximum atomic E-state index is 12.4. The van der Waals surface area contributed by atoms with Crippen LogP contribution in [0.1, 0.15) is 52.9 Å². The third-order valence-corrected chi connectivity index (χ3v) is 8.26. The van der Waals surface area contributed by atoms with Crippen LogP contribution in [0.5, 0.6) is 0 Å². The van der Waals surface area contributed by atoms with Gasteiger partial charge in [-0.1, -0.05) is 39.0 Å². The van der Waals surface area contributed by atoms with E-state index in [0.29, 0.717) is 35.1 Å². The number of nitrogens with zero attached hydrogens (tertiary/aromatic N) is 1. The van der Waals surface area contributed by atoms with Crippen molar-refractivity contribution in [2.75, 3.05) is 33.1 Å². The van der Waals surface area contributed by atoms with Gasteiger partial charge in [-0.05, 0) is 64.5 Å². The molecule has 0 radical (unpaired) electrons. The molecule has 1 aliphatic heterocycles. The first kappa shape index (κ1) is 26.2. The van der Waals surface area contributed by atoms with Gasteiger partial charge in [0.05, 0.1) is 19.3 Å². The van der Waals surface area contributed by atoms with E-state index in [0.717, 1.165) is 26.1 Å². The van der Waals surface area contributed by atoms with Crippen molar-refractivity contribution in [2.24, 2.45) is 23.7 Å². The zero-order valence-electron chi connectivity index (χ0n) is 20.0. The summed E-state index contributed by atoms with van der Waals surface area (Å²) in [6.07, 6.45) is 9.02. The van der Waals surface area contributed by atoms with Crippen molar-refractivity contribution in [1.82, 2.24) is 9.62 Å². The van der Waals surface area contributed by atoms with Crippen LogP contribution in [0.4, 0.5) is 0 Å². The Morgan fingerprint density at radius 3 is 2.35 bits per heavy atom. The third kappa shape index (κ3) is 8.12. The Kier molecular flexibility index (Phi) is 10.9. The van der Waals surface area contributed by atoms with Crippen molar-refractivity contribution in [2.45, 2.75) is 65.2 Å². The molecule has 4 atom stereocenters. The lowest BCUT2D eigenvalue weighted by molar-refractivity contribution is -0.237. The number of carbonyl (C=O) groups excluding carboxylic acids is 1. The van der Waals surface area contributed by atoms with Gasteiger partial charge in [0.1, 0.15) is 11.0 Å². The number of nitrogens with one attached hydrogen (secondary N) is 1. The second kappa shape index (κ2) is 12.9. The van der Waals surface area contributed by atoms with Gasteiger partial charge < -0.3 is 14.4 Å². The number of hydrogen-bond acceptors (Lipinski definition) is 5. The lowest BCUT2D eigenvalue weighted by Crippen LogP contribution is -2.48. The van der Waals surface area contributed by atoms with Gasteiger partial charge in [-0.15, -0.1) is 0 Å². The molecule has 0 spiro atoms. The number of rotatable bonds is 12. The minimum Gasteiger partial charge on any atom is -0.351 e. The Morgan fingerprint density at radius 1 is 1.19 bits per heavy atom. The summed E-state index contributed by atoms with van der Waals surface area (Å²) in [4.78, 5) is 14.2. The molecule has 1 saturated heterocycles. The van der Waals surface area contributed by atoms with Gasteiger partial charge in [0, 0.05) is 17.2 Å². The lowest BCUT2D eigenvalue weighted by atomic mass is 9.72. The fourth-order valence-corrected chi connectivity index (χ4v) is 5.39. The molecule has 2 fully saturated rings.